The van der Waals surface area contributed by atoms with Crippen LogP contribution in [0.3, 0.4) is 0 Å². The van der Waals surface area contributed by atoms with Gasteiger partial charge in [0, 0.05) is 5.54 Å². The molecule has 3 rings (SSSR count). The number of aryl methyl sites for hydroxylation is 1. The van der Waals surface area contributed by atoms with Gasteiger partial charge in [-0.05, 0) is 83.4 Å². The number of rotatable bonds is 4. The number of hydrogen-bond acceptors (Lipinski definition) is 4. The van der Waals surface area contributed by atoms with Crippen LogP contribution in [0.4, 0.5) is 5.69 Å². The Balaban J connectivity index is 1.89. The van der Waals surface area contributed by atoms with Gasteiger partial charge in [-0.15, -0.1) is 0 Å². The predicted molar refractivity (Wildman–Crippen MR) is 114 cm³/mol. The van der Waals surface area contributed by atoms with E-state index in [0.717, 1.165) is 18.4 Å². The van der Waals surface area contributed by atoms with Gasteiger partial charge >= 0.3 is 0 Å². The van der Waals surface area contributed by atoms with Crippen molar-refractivity contribution >= 4 is 21.6 Å². The molecule has 0 bridgehead atoms. The fourth-order valence-electron chi connectivity index (χ4n) is 3.18. The van der Waals surface area contributed by atoms with Crippen LogP contribution in [0, 0.1) is 0 Å². The molecule has 2 aromatic rings. The first-order valence-electron chi connectivity index (χ1n) is 9.63. The molecule has 0 spiro atoms. The normalized spacial score (nSPS) is 15.8. The molecule has 156 valence electrons. The fourth-order valence-corrected chi connectivity index (χ4v) is 4.31. The number of para-hydroxylation sites is 1. The Hall–Kier alpha value is -2.54. The molecule has 1 aliphatic rings. The summed E-state index contributed by atoms with van der Waals surface area (Å²) in [6, 6.07) is 11.4. The number of ether oxygens (including phenoxy) is 1. The average molecular weight is 417 g/mol. The highest BCUT2D eigenvalue weighted by Gasteiger charge is 2.28. The molecule has 7 heteroatoms. The minimum atomic E-state index is -3.86. The van der Waals surface area contributed by atoms with Crippen LogP contribution >= 0.6 is 0 Å². The zero-order valence-corrected chi connectivity index (χ0v) is 18.3. The lowest BCUT2D eigenvalue weighted by molar-refractivity contribution is 0.0845. The summed E-state index contributed by atoms with van der Waals surface area (Å²) in [5, 5.41) is 2.86. The summed E-state index contributed by atoms with van der Waals surface area (Å²) in [5.41, 5.74) is 0.685. The van der Waals surface area contributed by atoms with Crippen molar-refractivity contribution < 1.29 is 17.9 Å². The molecule has 0 atom stereocenters. The van der Waals surface area contributed by atoms with E-state index in [2.05, 4.69) is 10.0 Å². The number of sulfonamides is 1. The zero-order chi connectivity index (χ0) is 21.4. The van der Waals surface area contributed by atoms with Crippen LogP contribution in [0.25, 0.3) is 0 Å². The third-order valence-electron chi connectivity index (χ3n) is 4.63. The summed E-state index contributed by atoms with van der Waals surface area (Å²) in [6.07, 6.45) is 1.56. The molecule has 6 nitrogen and oxygen atoms in total. The van der Waals surface area contributed by atoms with Crippen LogP contribution in [0.15, 0.2) is 47.4 Å². The van der Waals surface area contributed by atoms with E-state index >= 15 is 0 Å². The molecule has 0 unspecified atom stereocenters. The maximum Gasteiger partial charge on any atom is 0.261 e. The molecule has 0 saturated heterocycles. The van der Waals surface area contributed by atoms with Gasteiger partial charge in [0.05, 0.1) is 16.1 Å². The van der Waals surface area contributed by atoms with Crippen LogP contribution < -0.4 is 14.8 Å². The molecular weight excluding hydrogens is 388 g/mol. The third kappa shape index (κ3) is 5.09. The van der Waals surface area contributed by atoms with Crippen molar-refractivity contribution in [2.75, 3.05) is 4.72 Å². The van der Waals surface area contributed by atoms with E-state index in [1.54, 1.807) is 36.4 Å². The number of nitrogens with one attached hydrogen (secondary N) is 2. The molecule has 1 amide bonds. The Kier molecular flexibility index (Phi) is 5.38. The van der Waals surface area contributed by atoms with E-state index in [1.165, 1.54) is 6.07 Å². The highest BCUT2D eigenvalue weighted by atomic mass is 32.2. The van der Waals surface area contributed by atoms with Crippen LogP contribution in [-0.2, 0) is 16.4 Å². The average Bonchev–Trinajstić information content (AvgIpc) is 2.59. The van der Waals surface area contributed by atoms with E-state index in [9.17, 15) is 13.2 Å². The minimum absolute atomic E-state index is 0.144. The van der Waals surface area contributed by atoms with Gasteiger partial charge in [-0.25, -0.2) is 8.42 Å². The van der Waals surface area contributed by atoms with Gasteiger partial charge in [0.1, 0.15) is 11.4 Å². The van der Waals surface area contributed by atoms with Crippen LogP contribution in [0.1, 0.15) is 57.0 Å². The molecule has 2 aromatic carbocycles. The SMILES string of the molecule is CC(C)(C)NC(=O)c1ccccc1NS(=O)(=O)c1ccc2c(c1)CCC(C)(C)O2. The molecule has 29 heavy (non-hydrogen) atoms. The number of fused-ring (bicyclic) bond motifs is 1. The second-order valence-electron chi connectivity index (χ2n) is 8.99. The van der Waals surface area contributed by atoms with Crippen molar-refractivity contribution in [2.24, 2.45) is 0 Å². The molecule has 1 aliphatic heterocycles. The van der Waals surface area contributed by atoms with Gasteiger partial charge < -0.3 is 10.1 Å². The standard InChI is InChI=1S/C22H28N2O4S/c1-21(2,3)23-20(25)17-8-6-7-9-18(17)24-29(26,27)16-10-11-19-15(14-16)12-13-22(4,5)28-19/h6-11,14,24H,12-13H2,1-5H3,(H,23,25). The highest BCUT2D eigenvalue weighted by molar-refractivity contribution is 7.92. The van der Waals surface area contributed by atoms with Crippen LogP contribution in [-0.4, -0.2) is 25.5 Å². The summed E-state index contributed by atoms with van der Waals surface area (Å²) >= 11 is 0. The maximum absolute atomic E-state index is 13.0. The lowest BCUT2D eigenvalue weighted by atomic mass is 9.94. The first kappa shape index (κ1) is 21.2. The summed E-state index contributed by atoms with van der Waals surface area (Å²) in [7, 11) is -3.86. The van der Waals surface area contributed by atoms with Gasteiger partial charge in [0.2, 0.25) is 0 Å². The first-order valence-corrected chi connectivity index (χ1v) is 11.1. The molecule has 0 fully saturated rings. The minimum Gasteiger partial charge on any atom is -0.488 e. The summed E-state index contributed by atoms with van der Waals surface area (Å²) < 4.78 is 34.5. The van der Waals surface area contributed by atoms with Crippen molar-refractivity contribution in [1.29, 1.82) is 0 Å². The van der Waals surface area contributed by atoms with Gasteiger partial charge in [0.15, 0.2) is 0 Å². The quantitative estimate of drug-likeness (QED) is 0.785. The van der Waals surface area contributed by atoms with Gasteiger partial charge in [0.25, 0.3) is 15.9 Å². The summed E-state index contributed by atoms with van der Waals surface area (Å²) in [4.78, 5) is 12.7. The molecule has 1 heterocycles. The third-order valence-corrected chi connectivity index (χ3v) is 5.99. The van der Waals surface area contributed by atoms with Crippen LogP contribution in [0.2, 0.25) is 0 Å². The van der Waals surface area contributed by atoms with Crippen molar-refractivity contribution in [3.63, 3.8) is 0 Å². The van der Waals surface area contributed by atoms with Gasteiger partial charge in [-0.2, -0.15) is 0 Å². The number of carbonyl (C=O) groups excluding carboxylic acids is 1. The predicted octanol–water partition coefficient (Wildman–Crippen LogP) is 4.12. The maximum atomic E-state index is 13.0. The largest absolute Gasteiger partial charge is 0.488 e. The van der Waals surface area contributed by atoms with Crippen molar-refractivity contribution in [3.8, 4) is 5.75 Å². The van der Waals surface area contributed by atoms with E-state index in [0.29, 0.717) is 5.75 Å². The Morgan fingerprint density at radius 1 is 1.10 bits per heavy atom. The summed E-state index contributed by atoms with van der Waals surface area (Å²) in [6.45, 7) is 9.64. The van der Waals surface area contributed by atoms with Gasteiger partial charge in [-0.3, -0.25) is 9.52 Å². The Bertz CT molecular complexity index is 1040. The number of anilines is 1. The molecule has 0 aliphatic carbocycles. The lowest BCUT2D eigenvalue weighted by Gasteiger charge is -2.32. The van der Waals surface area contributed by atoms with Crippen molar-refractivity contribution in [3.05, 3.63) is 53.6 Å². The number of carbonyl (C=O) groups is 1. The Morgan fingerprint density at radius 3 is 2.48 bits per heavy atom. The molecular formula is C22H28N2O4S. The first-order chi connectivity index (χ1) is 13.4. The van der Waals surface area contributed by atoms with E-state index in [1.807, 2.05) is 34.6 Å². The number of amides is 1. The van der Waals surface area contributed by atoms with E-state index in [4.69, 9.17) is 4.74 Å². The van der Waals surface area contributed by atoms with Gasteiger partial charge in [-0.1, -0.05) is 12.1 Å². The smallest absolute Gasteiger partial charge is 0.261 e. The second-order valence-corrected chi connectivity index (χ2v) is 10.7. The Labute approximate surface area is 172 Å². The van der Waals surface area contributed by atoms with Crippen molar-refractivity contribution in [1.82, 2.24) is 5.32 Å². The monoisotopic (exact) mass is 416 g/mol. The molecule has 0 radical (unpaired) electrons. The number of benzene rings is 2. The summed E-state index contributed by atoms with van der Waals surface area (Å²) in [5.74, 6) is 0.377. The lowest BCUT2D eigenvalue weighted by Crippen LogP contribution is -2.40. The Morgan fingerprint density at radius 2 is 1.79 bits per heavy atom. The highest BCUT2D eigenvalue weighted by Crippen LogP contribution is 2.34. The zero-order valence-electron chi connectivity index (χ0n) is 17.5. The fraction of sp³-hybridized carbons (Fsp3) is 0.409. The topological polar surface area (TPSA) is 84.5 Å². The van der Waals surface area contributed by atoms with Crippen LogP contribution in [0.5, 0.6) is 5.75 Å². The molecule has 0 aromatic heterocycles. The number of hydrogen-bond donors (Lipinski definition) is 2. The van der Waals surface area contributed by atoms with E-state index in [-0.39, 0.29) is 27.7 Å². The van der Waals surface area contributed by atoms with E-state index < -0.39 is 15.6 Å². The molecule has 2 N–H and O–H groups in total. The van der Waals surface area contributed by atoms with Crippen molar-refractivity contribution in [2.45, 2.75) is 63.5 Å². The molecule has 0 saturated carbocycles. The second kappa shape index (κ2) is 7.37.